The van der Waals surface area contributed by atoms with Gasteiger partial charge in [0.2, 0.25) is 18.4 Å². The number of thiophene rings is 1. The summed E-state index contributed by atoms with van der Waals surface area (Å²) in [6, 6.07) is 4.87. The molecule has 1 aliphatic rings. The number of amides is 1. The van der Waals surface area contributed by atoms with Crippen LogP contribution in [0.4, 0.5) is 0 Å². The third-order valence-electron chi connectivity index (χ3n) is 3.85. The van der Waals surface area contributed by atoms with E-state index in [0.29, 0.717) is 34.9 Å². The van der Waals surface area contributed by atoms with Gasteiger partial charge in [0.05, 0.1) is 12.9 Å². The van der Waals surface area contributed by atoms with Crippen molar-refractivity contribution in [3.05, 3.63) is 40.8 Å². The van der Waals surface area contributed by atoms with Crippen molar-refractivity contribution in [3.63, 3.8) is 0 Å². The summed E-state index contributed by atoms with van der Waals surface area (Å²) in [4.78, 5) is 11.8. The van der Waals surface area contributed by atoms with Gasteiger partial charge < -0.3 is 19.5 Å². The fraction of sp³-hybridized carbons (Fsp3) is 0.278. The van der Waals surface area contributed by atoms with Gasteiger partial charge in [0, 0.05) is 18.2 Å². The Kier molecular flexibility index (Phi) is 5.71. The summed E-state index contributed by atoms with van der Waals surface area (Å²) in [5.41, 5.74) is 0.929. The number of rotatable bonds is 7. The third-order valence-corrected chi connectivity index (χ3v) is 7.00. The number of fused-ring (bicyclic) bond motifs is 1. The summed E-state index contributed by atoms with van der Waals surface area (Å²) < 4.78 is 42.1. The Hall–Kier alpha value is -2.52. The van der Waals surface area contributed by atoms with Gasteiger partial charge in [-0.2, -0.15) is 0 Å². The maximum atomic E-state index is 12.7. The van der Waals surface area contributed by atoms with Crippen molar-refractivity contribution in [1.82, 2.24) is 5.32 Å². The van der Waals surface area contributed by atoms with Crippen LogP contribution in [0.5, 0.6) is 17.2 Å². The van der Waals surface area contributed by atoms with Crippen LogP contribution in [0.1, 0.15) is 18.1 Å². The number of ether oxygens (including phenoxy) is 3. The van der Waals surface area contributed by atoms with Crippen molar-refractivity contribution in [3.8, 4) is 17.2 Å². The highest BCUT2D eigenvalue weighted by atomic mass is 32.2. The number of hydrogen-bond donors (Lipinski definition) is 1. The van der Waals surface area contributed by atoms with Crippen LogP contribution in [-0.2, 0) is 20.4 Å². The molecule has 1 aromatic heterocycles. The molecule has 0 saturated heterocycles. The maximum absolute atomic E-state index is 12.7. The summed E-state index contributed by atoms with van der Waals surface area (Å²) >= 11 is 1.16. The van der Waals surface area contributed by atoms with E-state index in [4.69, 9.17) is 14.2 Å². The molecule has 1 aliphatic heterocycles. The molecule has 144 valence electrons. The molecule has 0 saturated carbocycles. The quantitative estimate of drug-likeness (QED) is 0.707. The fourth-order valence-corrected chi connectivity index (χ4v) is 5.15. The Labute approximate surface area is 161 Å². The van der Waals surface area contributed by atoms with Crippen LogP contribution in [0.2, 0.25) is 0 Å². The second-order valence-corrected chi connectivity index (χ2v) is 8.80. The van der Waals surface area contributed by atoms with Crippen LogP contribution in [0.15, 0.2) is 33.9 Å². The summed E-state index contributed by atoms with van der Waals surface area (Å²) in [7, 11) is -2.09. The zero-order valence-electron chi connectivity index (χ0n) is 14.9. The van der Waals surface area contributed by atoms with E-state index in [2.05, 4.69) is 5.32 Å². The van der Waals surface area contributed by atoms with Crippen LogP contribution in [0, 0.1) is 0 Å². The van der Waals surface area contributed by atoms with Crippen LogP contribution in [0.3, 0.4) is 0 Å². The fourth-order valence-electron chi connectivity index (χ4n) is 2.69. The molecule has 2 heterocycles. The molecular formula is C18H19NO6S2. The second-order valence-electron chi connectivity index (χ2n) is 5.64. The van der Waals surface area contributed by atoms with Gasteiger partial charge in [-0.3, -0.25) is 4.79 Å². The summed E-state index contributed by atoms with van der Waals surface area (Å²) in [5.74, 6) is 0.602. The number of carbonyl (C=O) groups is 1. The Morgan fingerprint density at radius 3 is 2.89 bits per heavy atom. The number of methoxy groups -OCH3 is 1. The topological polar surface area (TPSA) is 90.9 Å². The first kappa shape index (κ1) is 19.2. The number of likely N-dealkylation sites (N-methyl/N-ethyl adjacent to an activating group) is 1. The van der Waals surface area contributed by atoms with Gasteiger partial charge in [-0.25, -0.2) is 8.42 Å². The Bertz CT molecular complexity index is 964. The van der Waals surface area contributed by atoms with Gasteiger partial charge in [0.15, 0.2) is 21.3 Å². The monoisotopic (exact) mass is 409 g/mol. The lowest BCUT2D eigenvalue weighted by Gasteiger charge is -2.14. The van der Waals surface area contributed by atoms with Crippen molar-refractivity contribution in [2.75, 3.05) is 20.4 Å². The Balaban J connectivity index is 2.07. The molecule has 0 aliphatic carbocycles. The first-order chi connectivity index (χ1) is 13.0. The van der Waals surface area contributed by atoms with Gasteiger partial charge in [-0.1, -0.05) is 6.07 Å². The first-order valence-electron chi connectivity index (χ1n) is 8.18. The summed E-state index contributed by atoms with van der Waals surface area (Å²) in [6.07, 6.45) is 2.87. The third kappa shape index (κ3) is 4.09. The van der Waals surface area contributed by atoms with Crippen LogP contribution in [-0.4, -0.2) is 34.8 Å². The minimum absolute atomic E-state index is 0.0201. The largest absolute Gasteiger partial charge is 0.492 e. The molecule has 3 rings (SSSR count). The molecule has 1 amide bonds. The van der Waals surface area contributed by atoms with Crippen molar-refractivity contribution < 1.29 is 27.4 Å². The van der Waals surface area contributed by atoms with Gasteiger partial charge in [-0.05, 0) is 36.1 Å². The van der Waals surface area contributed by atoms with E-state index in [9.17, 15) is 13.2 Å². The van der Waals surface area contributed by atoms with Gasteiger partial charge in [0.25, 0.3) is 0 Å². The van der Waals surface area contributed by atoms with Gasteiger partial charge >= 0.3 is 0 Å². The van der Waals surface area contributed by atoms with Gasteiger partial charge in [-0.15, -0.1) is 11.3 Å². The van der Waals surface area contributed by atoms with E-state index in [1.54, 1.807) is 23.6 Å². The van der Waals surface area contributed by atoms with Crippen molar-refractivity contribution in [2.24, 2.45) is 0 Å². The SMILES string of the molecule is CCNC(=O)/C=C/c1c(CS(=O)(=O)c2cccs2)cc2c(c1OC)OCO2. The van der Waals surface area contributed by atoms with Crippen molar-refractivity contribution >= 4 is 33.2 Å². The predicted octanol–water partition coefficient (Wildman–Crippen LogP) is 2.61. The minimum Gasteiger partial charge on any atom is -0.492 e. The lowest BCUT2D eigenvalue weighted by Crippen LogP contribution is -2.19. The van der Waals surface area contributed by atoms with Crippen LogP contribution < -0.4 is 19.5 Å². The van der Waals surface area contributed by atoms with Crippen molar-refractivity contribution in [1.29, 1.82) is 0 Å². The lowest BCUT2D eigenvalue weighted by atomic mass is 10.1. The van der Waals surface area contributed by atoms with Crippen LogP contribution in [0.25, 0.3) is 6.08 Å². The molecular weight excluding hydrogens is 390 g/mol. The molecule has 1 N–H and O–H groups in total. The zero-order chi connectivity index (χ0) is 19.4. The number of hydrogen-bond acceptors (Lipinski definition) is 7. The minimum atomic E-state index is -3.55. The molecule has 9 heteroatoms. The number of sulfone groups is 1. The van der Waals surface area contributed by atoms with E-state index in [0.717, 1.165) is 11.3 Å². The molecule has 0 spiro atoms. The Morgan fingerprint density at radius 1 is 1.41 bits per heavy atom. The van der Waals surface area contributed by atoms with E-state index < -0.39 is 9.84 Å². The van der Waals surface area contributed by atoms with E-state index in [1.807, 2.05) is 6.92 Å². The average Bonchev–Trinajstić information content (AvgIpc) is 3.31. The van der Waals surface area contributed by atoms with E-state index in [-0.39, 0.29) is 22.7 Å². The smallest absolute Gasteiger partial charge is 0.243 e. The molecule has 0 fully saturated rings. The second kappa shape index (κ2) is 8.01. The summed E-state index contributed by atoms with van der Waals surface area (Å²) in [6.45, 7) is 2.32. The van der Waals surface area contributed by atoms with E-state index >= 15 is 0 Å². The number of benzene rings is 1. The number of nitrogens with one attached hydrogen (secondary N) is 1. The highest BCUT2D eigenvalue weighted by molar-refractivity contribution is 7.92. The van der Waals surface area contributed by atoms with E-state index in [1.165, 1.54) is 19.3 Å². The highest BCUT2D eigenvalue weighted by Crippen LogP contribution is 2.46. The molecule has 0 atom stereocenters. The van der Waals surface area contributed by atoms with Gasteiger partial charge in [0.1, 0.15) is 4.21 Å². The normalized spacial score (nSPS) is 13.1. The molecule has 1 aromatic carbocycles. The highest BCUT2D eigenvalue weighted by Gasteiger charge is 2.27. The van der Waals surface area contributed by atoms with Crippen molar-refractivity contribution in [2.45, 2.75) is 16.9 Å². The molecule has 2 aromatic rings. The average molecular weight is 409 g/mol. The Morgan fingerprint density at radius 2 is 2.22 bits per heavy atom. The number of carbonyl (C=O) groups excluding carboxylic acids is 1. The molecule has 27 heavy (non-hydrogen) atoms. The molecule has 7 nitrogen and oxygen atoms in total. The molecule has 0 radical (unpaired) electrons. The molecule has 0 bridgehead atoms. The van der Waals surface area contributed by atoms with Crippen LogP contribution >= 0.6 is 11.3 Å². The predicted molar refractivity (Wildman–Crippen MR) is 102 cm³/mol. The lowest BCUT2D eigenvalue weighted by molar-refractivity contribution is -0.116. The molecule has 0 unspecified atom stereocenters. The summed E-state index contributed by atoms with van der Waals surface area (Å²) in [5, 5.41) is 4.37. The standard InChI is InChI=1S/C18H19NO6S2/c1-3-19-15(20)7-6-13-12(10-27(21,22)16-5-4-8-26-16)9-14-18(17(13)23-2)25-11-24-14/h4-9H,3,10-11H2,1-2H3,(H,19,20)/b7-6+. The maximum Gasteiger partial charge on any atom is 0.243 e. The zero-order valence-corrected chi connectivity index (χ0v) is 16.5. The first-order valence-corrected chi connectivity index (χ1v) is 10.7.